The van der Waals surface area contributed by atoms with E-state index in [0.717, 1.165) is 6.07 Å². The van der Waals surface area contributed by atoms with Gasteiger partial charge in [0.25, 0.3) is 0 Å². The molecule has 0 aliphatic rings. The molecular weight excluding hydrogens is 248 g/mol. The lowest BCUT2D eigenvalue weighted by Gasteiger charge is -2.13. The summed E-state index contributed by atoms with van der Waals surface area (Å²) < 4.78 is 0. The molecule has 0 amide bonds. The zero-order valence-electron chi connectivity index (χ0n) is 9.82. The number of benzene rings is 2. The van der Waals surface area contributed by atoms with E-state index in [-0.39, 0.29) is 23.0 Å². The topological polar surface area (TPSA) is 98.0 Å². The van der Waals surface area contributed by atoms with Crippen LogP contribution in [0.15, 0.2) is 36.4 Å². The van der Waals surface area contributed by atoms with Crippen molar-refractivity contribution in [1.82, 2.24) is 0 Å². The Morgan fingerprint density at radius 1 is 0.842 bits per heavy atom. The predicted molar refractivity (Wildman–Crippen MR) is 67.5 cm³/mol. The largest absolute Gasteiger partial charge is 0.508 e. The number of hydrogen-bond acceptors (Lipinski definition) is 5. The van der Waals surface area contributed by atoms with E-state index >= 15 is 0 Å². The van der Waals surface area contributed by atoms with E-state index in [1.165, 1.54) is 30.3 Å². The Bertz CT molecular complexity index is 621. The fourth-order valence-electron chi connectivity index (χ4n) is 1.86. The van der Waals surface area contributed by atoms with Crippen molar-refractivity contribution in [3.63, 3.8) is 0 Å². The third kappa shape index (κ3) is 2.44. The van der Waals surface area contributed by atoms with Gasteiger partial charge in [-0.2, -0.15) is 0 Å². The van der Waals surface area contributed by atoms with E-state index in [1.54, 1.807) is 0 Å². The molecule has 0 bridgehead atoms. The van der Waals surface area contributed by atoms with Crippen LogP contribution in [0.3, 0.4) is 0 Å². The highest BCUT2D eigenvalue weighted by Crippen LogP contribution is 2.35. The Morgan fingerprint density at radius 2 is 1.58 bits per heavy atom. The molecule has 5 nitrogen and oxygen atoms in total. The summed E-state index contributed by atoms with van der Waals surface area (Å²) in [6, 6.07) is 7.89. The van der Waals surface area contributed by atoms with Crippen LogP contribution in [-0.4, -0.2) is 26.7 Å². The Kier molecular flexibility index (Phi) is 3.29. The maximum absolute atomic E-state index is 11.2. The molecule has 4 N–H and O–H groups in total. The summed E-state index contributed by atoms with van der Waals surface area (Å²) in [5, 5.41) is 37.6. The molecule has 2 rings (SSSR count). The molecule has 0 radical (unpaired) electrons. The highest BCUT2D eigenvalue weighted by atomic mass is 16.3. The molecule has 1 unspecified atom stereocenters. The summed E-state index contributed by atoms with van der Waals surface area (Å²) in [6.07, 6.45) is 0.609. The van der Waals surface area contributed by atoms with Gasteiger partial charge in [-0.1, -0.05) is 12.1 Å². The number of rotatable bonds is 3. The van der Waals surface area contributed by atoms with Crippen molar-refractivity contribution in [3.8, 4) is 23.0 Å². The van der Waals surface area contributed by atoms with Crippen molar-refractivity contribution in [1.29, 1.82) is 0 Å². The first-order valence-electron chi connectivity index (χ1n) is 5.52. The quantitative estimate of drug-likeness (QED) is 0.498. The van der Waals surface area contributed by atoms with Crippen LogP contribution in [0.25, 0.3) is 0 Å². The summed E-state index contributed by atoms with van der Waals surface area (Å²) >= 11 is 0. The monoisotopic (exact) mass is 260 g/mol. The summed E-state index contributed by atoms with van der Waals surface area (Å²) in [5.41, 5.74) is 0.726. The van der Waals surface area contributed by atoms with Crippen LogP contribution < -0.4 is 0 Å². The molecular formula is C14H12O5. The van der Waals surface area contributed by atoms with Gasteiger partial charge in [0.2, 0.25) is 0 Å². The van der Waals surface area contributed by atoms with Gasteiger partial charge in [0.15, 0.2) is 11.5 Å². The Balaban J connectivity index is 2.49. The number of carbonyl (C=O) groups excluding carboxylic acids is 1. The summed E-state index contributed by atoms with van der Waals surface area (Å²) in [5.74, 6) is -1.76. The Morgan fingerprint density at radius 3 is 2.16 bits per heavy atom. The second kappa shape index (κ2) is 4.89. The molecule has 98 valence electrons. The smallest absolute Gasteiger partial charge is 0.157 e. The first kappa shape index (κ1) is 12.8. The molecule has 0 heterocycles. The maximum Gasteiger partial charge on any atom is 0.157 e. The average molecular weight is 260 g/mol. The van der Waals surface area contributed by atoms with Crippen LogP contribution >= 0.6 is 0 Å². The number of aldehydes is 1. The van der Waals surface area contributed by atoms with Gasteiger partial charge in [-0.25, -0.2) is 0 Å². The Hall–Kier alpha value is -2.69. The van der Waals surface area contributed by atoms with Gasteiger partial charge in [-0.15, -0.1) is 0 Å². The van der Waals surface area contributed by atoms with Gasteiger partial charge in [0.05, 0.1) is 5.92 Å². The molecule has 0 fully saturated rings. The van der Waals surface area contributed by atoms with Crippen LogP contribution in [-0.2, 0) is 4.79 Å². The third-order valence-corrected chi connectivity index (χ3v) is 2.84. The highest BCUT2D eigenvalue weighted by molar-refractivity contribution is 5.71. The molecule has 0 aliphatic heterocycles. The van der Waals surface area contributed by atoms with Crippen LogP contribution in [0.5, 0.6) is 23.0 Å². The van der Waals surface area contributed by atoms with Crippen molar-refractivity contribution < 1.29 is 25.2 Å². The molecule has 2 aromatic rings. The molecule has 0 saturated heterocycles. The molecule has 5 heteroatoms. The van der Waals surface area contributed by atoms with Crippen LogP contribution in [0, 0.1) is 0 Å². The molecule has 19 heavy (non-hydrogen) atoms. The minimum absolute atomic E-state index is 0.112. The number of hydrogen-bond donors (Lipinski definition) is 4. The minimum atomic E-state index is -0.799. The van der Waals surface area contributed by atoms with E-state index in [9.17, 15) is 25.2 Å². The second-order valence-corrected chi connectivity index (χ2v) is 4.11. The fraction of sp³-hybridized carbons (Fsp3) is 0.0714. The predicted octanol–water partition coefficient (Wildman–Crippen LogP) is 1.84. The summed E-state index contributed by atoms with van der Waals surface area (Å²) in [6.45, 7) is 0. The molecule has 0 aliphatic carbocycles. The van der Waals surface area contributed by atoms with Gasteiger partial charge in [0, 0.05) is 11.6 Å². The second-order valence-electron chi connectivity index (χ2n) is 4.11. The van der Waals surface area contributed by atoms with E-state index in [0.29, 0.717) is 17.4 Å². The van der Waals surface area contributed by atoms with Crippen molar-refractivity contribution in [3.05, 3.63) is 47.5 Å². The molecule has 0 spiro atoms. The first-order chi connectivity index (χ1) is 9.02. The first-order valence-corrected chi connectivity index (χ1v) is 5.52. The van der Waals surface area contributed by atoms with Crippen LogP contribution in [0.2, 0.25) is 0 Å². The van der Waals surface area contributed by atoms with Gasteiger partial charge in [0.1, 0.15) is 17.8 Å². The number of phenolic OH excluding ortho intramolecular Hbond substituents is 4. The van der Waals surface area contributed by atoms with E-state index in [4.69, 9.17) is 0 Å². The number of phenols is 4. The van der Waals surface area contributed by atoms with Crippen molar-refractivity contribution >= 4 is 6.29 Å². The van der Waals surface area contributed by atoms with Gasteiger partial charge >= 0.3 is 0 Å². The third-order valence-electron chi connectivity index (χ3n) is 2.84. The fourth-order valence-corrected chi connectivity index (χ4v) is 1.86. The zero-order valence-corrected chi connectivity index (χ0v) is 9.82. The average Bonchev–Trinajstić information content (AvgIpc) is 2.37. The maximum atomic E-state index is 11.2. The molecule has 0 saturated carbocycles. The lowest BCUT2D eigenvalue weighted by atomic mass is 9.91. The van der Waals surface area contributed by atoms with Crippen LogP contribution in [0.1, 0.15) is 17.0 Å². The Labute approximate surface area is 109 Å². The standard InChI is InChI=1S/C14H12O5/c15-7-11(8-1-4-12(17)14(19)5-8)10-3-2-9(16)6-13(10)18/h1-7,11,16-19H. The van der Waals surface area contributed by atoms with E-state index in [1.807, 2.05) is 0 Å². The minimum Gasteiger partial charge on any atom is -0.508 e. The van der Waals surface area contributed by atoms with E-state index < -0.39 is 5.92 Å². The van der Waals surface area contributed by atoms with Crippen molar-refractivity contribution in [2.75, 3.05) is 0 Å². The van der Waals surface area contributed by atoms with Gasteiger partial charge in [-0.3, -0.25) is 0 Å². The zero-order chi connectivity index (χ0) is 14.0. The summed E-state index contributed by atoms with van der Waals surface area (Å²) in [4.78, 5) is 11.2. The number of carbonyl (C=O) groups is 1. The molecule has 0 aromatic heterocycles. The van der Waals surface area contributed by atoms with E-state index in [2.05, 4.69) is 0 Å². The lowest BCUT2D eigenvalue weighted by molar-refractivity contribution is -0.108. The SMILES string of the molecule is O=CC(c1ccc(O)c(O)c1)c1ccc(O)cc1O. The van der Waals surface area contributed by atoms with Crippen molar-refractivity contribution in [2.45, 2.75) is 5.92 Å². The molecule has 1 atom stereocenters. The van der Waals surface area contributed by atoms with Crippen LogP contribution in [0.4, 0.5) is 0 Å². The van der Waals surface area contributed by atoms with Gasteiger partial charge < -0.3 is 25.2 Å². The van der Waals surface area contributed by atoms with Crippen molar-refractivity contribution in [2.24, 2.45) is 0 Å². The summed E-state index contributed by atoms with van der Waals surface area (Å²) in [7, 11) is 0. The lowest BCUT2D eigenvalue weighted by Crippen LogP contribution is -2.02. The molecule has 2 aromatic carbocycles. The normalized spacial score (nSPS) is 12.0. The van der Waals surface area contributed by atoms with Gasteiger partial charge in [-0.05, 0) is 23.8 Å². The highest BCUT2D eigenvalue weighted by Gasteiger charge is 2.18. The number of aromatic hydroxyl groups is 4.